The molecule has 0 spiro atoms. The van der Waals surface area contributed by atoms with Crippen molar-refractivity contribution in [3.05, 3.63) is 53.1 Å². The van der Waals surface area contributed by atoms with E-state index >= 15 is 0 Å². The molecule has 1 aliphatic rings. The zero-order chi connectivity index (χ0) is 18.9. The van der Waals surface area contributed by atoms with Crippen LogP contribution in [-0.2, 0) is 15.0 Å². The van der Waals surface area contributed by atoms with Gasteiger partial charge in [0.1, 0.15) is 12.3 Å². The zero-order valence-corrected chi connectivity index (χ0v) is 15.8. The summed E-state index contributed by atoms with van der Waals surface area (Å²) >= 11 is 5.84. The molecule has 0 saturated heterocycles. The van der Waals surface area contributed by atoms with Crippen LogP contribution in [0.25, 0.3) is 0 Å². The van der Waals surface area contributed by atoms with Crippen LogP contribution < -0.4 is 15.0 Å². The van der Waals surface area contributed by atoms with Crippen molar-refractivity contribution < 1.29 is 14.3 Å². The van der Waals surface area contributed by atoms with Gasteiger partial charge in [-0.15, -0.1) is 0 Å². The third kappa shape index (κ3) is 3.99. The molecule has 0 saturated carbocycles. The van der Waals surface area contributed by atoms with E-state index in [4.69, 9.17) is 16.3 Å². The molecule has 0 radical (unpaired) electrons. The maximum Gasteiger partial charge on any atom is 0.265 e. The van der Waals surface area contributed by atoms with Crippen LogP contribution in [0.1, 0.15) is 26.3 Å². The Hall–Kier alpha value is -2.53. The van der Waals surface area contributed by atoms with Crippen LogP contribution >= 0.6 is 11.6 Å². The fraction of sp³-hybridized carbons (Fsp3) is 0.300. The van der Waals surface area contributed by atoms with E-state index in [9.17, 15) is 9.59 Å². The Morgan fingerprint density at radius 2 is 1.88 bits per heavy atom. The van der Waals surface area contributed by atoms with Crippen LogP contribution in [0.4, 0.5) is 11.4 Å². The number of amides is 2. The molecule has 0 unspecified atom stereocenters. The molecule has 2 aromatic carbocycles. The third-order valence-corrected chi connectivity index (χ3v) is 4.45. The fourth-order valence-corrected chi connectivity index (χ4v) is 2.85. The molecule has 2 amide bonds. The number of carbonyl (C=O) groups excluding carboxylic acids is 2. The molecule has 136 valence electrons. The minimum Gasteiger partial charge on any atom is -0.482 e. The third-order valence-electron chi connectivity index (χ3n) is 4.20. The summed E-state index contributed by atoms with van der Waals surface area (Å²) in [6.45, 7) is 6.18. The number of ether oxygens (including phenoxy) is 1. The summed E-state index contributed by atoms with van der Waals surface area (Å²) in [7, 11) is 0. The number of nitrogens with one attached hydrogen (secondary N) is 1. The summed E-state index contributed by atoms with van der Waals surface area (Å²) in [5.74, 6) is 0.0944. The molecule has 0 atom stereocenters. The van der Waals surface area contributed by atoms with Crippen molar-refractivity contribution >= 4 is 34.8 Å². The van der Waals surface area contributed by atoms with Gasteiger partial charge in [-0.1, -0.05) is 38.4 Å². The molecule has 6 heteroatoms. The number of rotatable bonds is 3. The highest BCUT2D eigenvalue weighted by molar-refractivity contribution is 6.30. The molecule has 26 heavy (non-hydrogen) atoms. The highest BCUT2D eigenvalue weighted by Gasteiger charge is 2.28. The SMILES string of the molecule is CC(C)(C)c1ccc2c(c1)OCC(=O)N2CC(=O)Nc1ccc(Cl)cc1. The second-order valence-electron chi connectivity index (χ2n) is 7.26. The van der Waals surface area contributed by atoms with Gasteiger partial charge in [0.05, 0.1) is 5.69 Å². The number of hydrogen-bond acceptors (Lipinski definition) is 3. The second kappa shape index (κ2) is 7.00. The molecule has 0 aromatic heterocycles. The first kappa shape index (κ1) is 18.3. The first-order chi connectivity index (χ1) is 12.2. The molecule has 3 rings (SSSR count). The van der Waals surface area contributed by atoms with Crippen molar-refractivity contribution in [2.75, 3.05) is 23.4 Å². The van der Waals surface area contributed by atoms with Crippen molar-refractivity contribution in [1.29, 1.82) is 0 Å². The molecule has 0 fully saturated rings. The number of nitrogens with zero attached hydrogens (tertiary/aromatic N) is 1. The van der Waals surface area contributed by atoms with Crippen LogP contribution in [-0.4, -0.2) is 25.0 Å². The maximum atomic E-state index is 12.4. The highest BCUT2D eigenvalue weighted by Crippen LogP contribution is 2.36. The van der Waals surface area contributed by atoms with Crippen LogP contribution in [0.3, 0.4) is 0 Å². The normalized spacial score (nSPS) is 13.8. The van der Waals surface area contributed by atoms with E-state index in [0.29, 0.717) is 22.1 Å². The minimum atomic E-state index is -0.284. The van der Waals surface area contributed by atoms with E-state index in [2.05, 4.69) is 26.1 Å². The van der Waals surface area contributed by atoms with Crippen molar-refractivity contribution in [3.8, 4) is 5.75 Å². The van der Waals surface area contributed by atoms with Crippen molar-refractivity contribution in [2.45, 2.75) is 26.2 Å². The van der Waals surface area contributed by atoms with Crippen LogP contribution in [0.2, 0.25) is 5.02 Å². The minimum absolute atomic E-state index is 0.0311. The van der Waals surface area contributed by atoms with Gasteiger partial charge >= 0.3 is 0 Å². The van der Waals surface area contributed by atoms with Gasteiger partial charge in [0.25, 0.3) is 5.91 Å². The molecule has 0 bridgehead atoms. The van der Waals surface area contributed by atoms with Gasteiger partial charge in [0.2, 0.25) is 5.91 Å². The van der Waals surface area contributed by atoms with Gasteiger partial charge in [-0.05, 0) is 47.4 Å². The lowest BCUT2D eigenvalue weighted by Crippen LogP contribution is -2.43. The first-order valence-electron chi connectivity index (χ1n) is 8.37. The Kier molecular flexibility index (Phi) is 4.92. The van der Waals surface area contributed by atoms with E-state index < -0.39 is 0 Å². The molecule has 5 nitrogen and oxygen atoms in total. The largest absolute Gasteiger partial charge is 0.482 e. The molecular weight excluding hydrogens is 352 g/mol. The van der Waals surface area contributed by atoms with Crippen LogP contribution in [0.5, 0.6) is 5.75 Å². The number of halogens is 1. The van der Waals surface area contributed by atoms with Gasteiger partial charge in [0.15, 0.2) is 6.61 Å². The summed E-state index contributed by atoms with van der Waals surface area (Å²) in [5, 5.41) is 3.36. The topological polar surface area (TPSA) is 58.6 Å². The van der Waals surface area contributed by atoms with E-state index in [0.717, 1.165) is 5.56 Å². The lowest BCUT2D eigenvalue weighted by atomic mass is 9.86. The lowest BCUT2D eigenvalue weighted by Gasteiger charge is -2.30. The van der Waals surface area contributed by atoms with Crippen LogP contribution in [0, 0.1) is 0 Å². The van der Waals surface area contributed by atoms with E-state index in [1.807, 2.05) is 18.2 Å². The Labute approximate surface area is 157 Å². The quantitative estimate of drug-likeness (QED) is 0.885. The summed E-state index contributed by atoms with van der Waals surface area (Å²) in [5.41, 5.74) is 2.32. The molecule has 1 heterocycles. The number of benzene rings is 2. The molecule has 1 N–H and O–H groups in total. The Morgan fingerprint density at radius 1 is 1.19 bits per heavy atom. The summed E-state index contributed by atoms with van der Waals surface area (Å²) < 4.78 is 5.58. The van der Waals surface area contributed by atoms with E-state index in [1.165, 1.54) is 4.90 Å². The van der Waals surface area contributed by atoms with Gasteiger partial charge in [-0.25, -0.2) is 0 Å². The summed E-state index contributed by atoms with van der Waals surface area (Å²) in [6, 6.07) is 12.6. The second-order valence-corrected chi connectivity index (χ2v) is 7.69. The van der Waals surface area contributed by atoms with E-state index in [1.54, 1.807) is 24.3 Å². The predicted molar refractivity (Wildman–Crippen MR) is 103 cm³/mol. The standard InChI is InChI=1S/C20H21ClN2O3/c1-20(2,3)13-4-9-16-17(10-13)26-12-19(25)23(16)11-18(24)22-15-7-5-14(21)6-8-15/h4-10H,11-12H2,1-3H3,(H,22,24). The van der Waals surface area contributed by atoms with Crippen molar-refractivity contribution in [2.24, 2.45) is 0 Å². The average molecular weight is 373 g/mol. The number of fused-ring (bicyclic) bond motifs is 1. The number of carbonyl (C=O) groups is 2. The first-order valence-corrected chi connectivity index (χ1v) is 8.75. The molecule has 1 aliphatic heterocycles. The van der Waals surface area contributed by atoms with Gasteiger partial charge in [0, 0.05) is 10.7 Å². The fourth-order valence-electron chi connectivity index (χ4n) is 2.72. The van der Waals surface area contributed by atoms with Crippen molar-refractivity contribution in [3.63, 3.8) is 0 Å². The predicted octanol–water partition coefficient (Wildman–Crippen LogP) is 4.00. The van der Waals surface area contributed by atoms with Gasteiger partial charge in [-0.3, -0.25) is 14.5 Å². The number of hydrogen-bond donors (Lipinski definition) is 1. The Morgan fingerprint density at radius 3 is 2.54 bits per heavy atom. The van der Waals surface area contributed by atoms with Crippen molar-refractivity contribution in [1.82, 2.24) is 0 Å². The van der Waals surface area contributed by atoms with Crippen LogP contribution in [0.15, 0.2) is 42.5 Å². The summed E-state index contributed by atoms with van der Waals surface area (Å²) in [4.78, 5) is 26.1. The highest BCUT2D eigenvalue weighted by atomic mass is 35.5. The summed E-state index contributed by atoms with van der Waals surface area (Å²) in [6.07, 6.45) is 0. The smallest absolute Gasteiger partial charge is 0.265 e. The van der Waals surface area contributed by atoms with Gasteiger partial charge < -0.3 is 10.1 Å². The van der Waals surface area contributed by atoms with E-state index in [-0.39, 0.29) is 30.4 Å². The Bertz CT molecular complexity index is 841. The number of anilines is 2. The van der Waals surface area contributed by atoms with Gasteiger partial charge in [-0.2, -0.15) is 0 Å². The zero-order valence-electron chi connectivity index (χ0n) is 15.0. The molecule has 0 aliphatic carbocycles. The lowest BCUT2D eigenvalue weighted by molar-refractivity contribution is -0.123. The maximum absolute atomic E-state index is 12.4. The molecular formula is C20H21ClN2O3. The Balaban J connectivity index is 1.79. The molecule has 2 aromatic rings. The monoisotopic (exact) mass is 372 g/mol. The average Bonchev–Trinajstić information content (AvgIpc) is 2.58.